The molecule has 3 rings (SSSR count). The van der Waals surface area contributed by atoms with Gasteiger partial charge in [0.05, 0.1) is 29.2 Å². The predicted molar refractivity (Wildman–Crippen MR) is 105 cm³/mol. The number of carbonyl (C=O) groups excluding carboxylic acids is 1. The Morgan fingerprint density at radius 3 is 2.47 bits per heavy atom. The van der Waals surface area contributed by atoms with E-state index in [4.69, 9.17) is 4.74 Å². The fourth-order valence-electron chi connectivity index (χ4n) is 2.95. The van der Waals surface area contributed by atoms with Crippen LogP contribution in [-0.4, -0.2) is 47.4 Å². The number of halogens is 2. The molecule has 2 aromatic carbocycles. The molecule has 1 fully saturated rings. The summed E-state index contributed by atoms with van der Waals surface area (Å²) < 4.78 is 82.0. The van der Waals surface area contributed by atoms with Crippen LogP contribution in [0, 0.1) is 11.6 Å². The summed E-state index contributed by atoms with van der Waals surface area (Å²) in [5.41, 5.74) is -0.0444. The minimum absolute atomic E-state index is 0.0140. The molecule has 0 radical (unpaired) electrons. The van der Waals surface area contributed by atoms with Crippen LogP contribution in [0.1, 0.15) is 16.8 Å². The van der Waals surface area contributed by atoms with E-state index in [1.165, 1.54) is 25.3 Å². The van der Waals surface area contributed by atoms with Crippen LogP contribution in [0.2, 0.25) is 0 Å². The van der Waals surface area contributed by atoms with E-state index in [1.807, 2.05) is 0 Å². The highest BCUT2D eigenvalue weighted by atomic mass is 32.2. The first kappa shape index (κ1) is 22.0. The number of hydrogen-bond donors (Lipinski definition) is 2. The first-order chi connectivity index (χ1) is 14.0. The van der Waals surface area contributed by atoms with Gasteiger partial charge in [-0.2, -0.15) is 0 Å². The number of methoxy groups -OCH3 is 1. The Kier molecular flexibility index (Phi) is 5.99. The molecule has 1 saturated heterocycles. The zero-order valence-corrected chi connectivity index (χ0v) is 17.3. The predicted octanol–water partition coefficient (Wildman–Crippen LogP) is 1.69. The average Bonchev–Trinajstić information content (AvgIpc) is 3.01. The van der Waals surface area contributed by atoms with E-state index in [9.17, 15) is 30.4 Å². The Balaban J connectivity index is 1.85. The molecular formula is C18H18F2N2O6S2. The molecule has 0 spiro atoms. The standard InChI is InChI=1S/C18H18F2N2O6S2/c1-28-17-5-2-11(18(23)21-12-6-7-29(24,25)10-12)8-16(17)22-30(26,27)13-3-4-14(19)15(20)9-13/h2-5,8-9,12,22H,6-7,10H2,1H3,(H,21,23)/t12-/m1/s1. The Morgan fingerprint density at radius 2 is 1.87 bits per heavy atom. The Labute approximate surface area is 172 Å². The van der Waals surface area contributed by atoms with Crippen LogP contribution in [0.5, 0.6) is 5.75 Å². The molecule has 0 aliphatic carbocycles. The van der Waals surface area contributed by atoms with Crippen molar-refractivity contribution < 1.29 is 35.1 Å². The maximum atomic E-state index is 13.4. The lowest BCUT2D eigenvalue weighted by Crippen LogP contribution is -2.35. The van der Waals surface area contributed by atoms with Gasteiger partial charge in [-0.05, 0) is 42.8 Å². The van der Waals surface area contributed by atoms with Gasteiger partial charge in [0.25, 0.3) is 15.9 Å². The van der Waals surface area contributed by atoms with Gasteiger partial charge in [-0.25, -0.2) is 25.6 Å². The smallest absolute Gasteiger partial charge is 0.262 e. The van der Waals surface area contributed by atoms with E-state index in [2.05, 4.69) is 10.0 Å². The Hall–Kier alpha value is -2.73. The highest BCUT2D eigenvalue weighted by Crippen LogP contribution is 2.28. The number of sulfone groups is 1. The third-order valence-corrected chi connectivity index (χ3v) is 7.61. The van der Waals surface area contributed by atoms with Crippen molar-refractivity contribution in [2.24, 2.45) is 0 Å². The van der Waals surface area contributed by atoms with Gasteiger partial charge >= 0.3 is 0 Å². The highest BCUT2D eigenvalue weighted by molar-refractivity contribution is 7.92. The minimum atomic E-state index is -4.31. The molecule has 30 heavy (non-hydrogen) atoms. The number of ether oxygens (including phenoxy) is 1. The SMILES string of the molecule is COc1ccc(C(=O)N[C@@H]2CCS(=O)(=O)C2)cc1NS(=O)(=O)c1ccc(F)c(F)c1. The molecule has 8 nitrogen and oxygen atoms in total. The Bertz CT molecular complexity index is 1200. The van der Waals surface area contributed by atoms with Crippen LogP contribution in [0.4, 0.5) is 14.5 Å². The molecular weight excluding hydrogens is 442 g/mol. The zero-order chi connectivity index (χ0) is 22.1. The maximum absolute atomic E-state index is 13.4. The fourth-order valence-corrected chi connectivity index (χ4v) is 5.70. The molecule has 2 aromatic rings. The van der Waals surface area contributed by atoms with Crippen LogP contribution in [0.3, 0.4) is 0 Å². The molecule has 1 aliphatic rings. The molecule has 12 heteroatoms. The topological polar surface area (TPSA) is 119 Å². The van der Waals surface area contributed by atoms with Gasteiger partial charge < -0.3 is 10.1 Å². The summed E-state index contributed by atoms with van der Waals surface area (Å²) in [6.45, 7) is 0. The van der Waals surface area contributed by atoms with Crippen molar-refractivity contribution in [3.63, 3.8) is 0 Å². The van der Waals surface area contributed by atoms with Gasteiger partial charge in [-0.1, -0.05) is 0 Å². The largest absolute Gasteiger partial charge is 0.495 e. The molecule has 1 atom stereocenters. The van der Waals surface area contributed by atoms with E-state index < -0.39 is 48.3 Å². The molecule has 162 valence electrons. The van der Waals surface area contributed by atoms with Crippen LogP contribution in [0.15, 0.2) is 41.3 Å². The second kappa shape index (κ2) is 8.19. The molecule has 0 unspecified atom stereocenters. The van der Waals surface area contributed by atoms with E-state index in [0.717, 1.165) is 6.07 Å². The van der Waals surface area contributed by atoms with E-state index in [-0.39, 0.29) is 28.5 Å². The molecule has 1 heterocycles. The van der Waals surface area contributed by atoms with Crippen LogP contribution < -0.4 is 14.8 Å². The van der Waals surface area contributed by atoms with Crippen molar-refractivity contribution in [1.29, 1.82) is 0 Å². The molecule has 0 aromatic heterocycles. The van der Waals surface area contributed by atoms with E-state index >= 15 is 0 Å². The summed E-state index contributed by atoms with van der Waals surface area (Å²) in [5.74, 6) is -3.21. The van der Waals surface area contributed by atoms with E-state index in [1.54, 1.807) is 0 Å². The number of rotatable bonds is 6. The first-order valence-corrected chi connectivity index (χ1v) is 12.0. The quantitative estimate of drug-likeness (QED) is 0.677. The van der Waals surface area contributed by atoms with Crippen LogP contribution in [-0.2, 0) is 19.9 Å². The average molecular weight is 460 g/mol. The van der Waals surface area contributed by atoms with Crippen LogP contribution >= 0.6 is 0 Å². The number of nitrogens with one attached hydrogen (secondary N) is 2. The third-order valence-electron chi connectivity index (χ3n) is 4.48. The third kappa shape index (κ3) is 4.87. The van der Waals surface area contributed by atoms with Crippen molar-refractivity contribution in [3.8, 4) is 5.75 Å². The highest BCUT2D eigenvalue weighted by Gasteiger charge is 2.29. The number of amides is 1. The normalized spacial score (nSPS) is 18.0. The van der Waals surface area contributed by atoms with Gasteiger partial charge in [-0.15, -0.1) is 0 Å². The molecule has 1 amide bonds. The van der Waals surface area contributed by atoms with Crippen molar-refractivity contribution >= 4 is 31.5 Å². The van der Waals surface area contributed by atoms with Crippen LogP contribution in [0.25, 0.3) is 0 Å². The molecule has 0 saturated carbocycles. The van der Waals surface area contributed by atoms with Crippen molar-refractivity contribution in [1.82, 2.24) is 5.32 Å². The minimum Gasteiger partial charge on any atom is -0.495 e. The number of sulfonamides is 1. The van der Waals surface area contributed by atoms with Crippen molar-refractivity contribution in [3.05, 3.63) is 53.6 Å². The maximum Gasteiger partial charge on any atom is 0.262 e. The molecule has 1 aliphatic heterocycles. The number of carbonyl (C=O) groups is 1. The van der Waals surface area contributed by atoms with Gasteiger partial charge in [0.2, 0.25) is 0 Å². The van der Waals surface area contributed by atoms with Crippen molar-refractivity contribution in [2.75, 3.05) is 23.3 Å². The molecule has 0 bridgehead atoms. The summed E-state index contributed by atoms with van der Waals surface area (Å²) in [7, 11) is -6.21. The zero-order valence-electron chi connectivity index (χ0n) is 15.7. The van der Waals surface area contributed by atoms with Crippen molar-refractivity contribution in [2.45, 2.75) is 17.4 Å². The van der Waals surface area contributed by atoms with Gasteiger partial charge in [0.1, 0.15) is 5.75 Å². The molecule has 2 N–H and O–H groups in total. The summed E-state index contributed by atoms with van der Waals surface area (Å²) in [5, 5.41) is 2.60. The van der Waals surface area contributed by atoms with Gasteiger partial charge in [0, 0.05) is 11.6 Å². The Morgan fingerprint density at radius 1 is 1.13 bits per heavy atom. The van der Waals surface area contributed by atoms with Gasteiger partial charge in [0.15, 0.2) is 21.5 Å². The summed E-state index contributed by atoms with van der Waals surface area (Å²) >= 11 is 0. The number of hydrogen-bond acceptors (Lipinski definition) is 6. The second-order valence-electron chi connectivity index (χ2n) is 6.67. The monoisotopic (exact) mass is 460 g/mol. The van der Waals surface area contributed by atoms with E-state index in [0.29, 0.717) is 18.6 Å². The number of anilines is 1. The first-order valence-electron chi connectivity index (χ1n) is 8.68. The fraction of sp³-hybridized carbons (Fsp3) is 0.278. The lowest BCUT2D eigenvalue weighted by Gasteiger charge is -2.15. The van der Waals surface area contributed by atoms with Gasteiger partial charge in [-0.3, -0.25) is 9.52 Å². The lowest BCUT2D eigenvalue weighted by molar-refractivity contribution is 0.0941. The number of benzene rings is 2. The summed E-state index contributed by atoms with van der Waals surface area (Å²) in [6.07, 6.45) is 0.292. The second-order valence-corrected chi connectivity index (χ2v) is 10.6. The summed E-state index contributed by atoms with van der Waals surface area (Å²) in [6, 6.07) is 5.50. The summed E-state index contributed by atoms with van der Waals surface area (Å²) in [4.78, 5) is 11.9. The lowest BCUT2D eigenvalue weighted by atomic mass is 10.1.